The third kappa shape index (κ3) is 5.25. The molecule has 5 heteroatoms. The molecule has 0 spiro atoms. The highest BCUT2D eigenvalue weighted by Crippen LogP contribution is 1.93. The predicted molar refractivity (Wildman–Crippen MR) is 64.3 cm³/mol. The lowest BCUT2D eigenvalue weighted by Crippen LogP contribution is -2.37. The van der Waals surface area contributed by atoms with Gasteiger partial charge < -0.3 is 15.4 Å². The van der Waals surface area contributed by atoms with Gasteiger partial charge in [0.15, 0.2) is 0 Å². The molecule has 1 unspecified atom stereocenters. The van der Waals surface area contributed by atoms with Crippen molar-refractivity contribution in [3.63, 3.8) is 0 Å². The second kappa shape index (κ2) is 7.38. The van der Waals surface area contributed by atoms with Crippen molar-refractivity contribution >= 4 is 0 Å². The van der Waals surface area contributed by atoms with Gasteiger partial charge in [0.05, 0.1) is 12.3 Å². The third-order valence-corrected chi connectivity index (χ3v) is 2.33. The fraction of sp³-hybridized carbons (Fsp3) is 0.727. The van der Waals surface area contributed by atoms with Gasteiger partial charge in [0.25, 0.3) is 0 Å². The largest absolute Gasteiger partial charge is 0.383 e. The van der Waals surface area contributed by atoms with Gasteiger partial charge in [0.2, 0.25) is 0 Å². The molecule has 1 aromatic heterocycles. The van der Waals surface area contributed by atoms with Gasteiger partial charge in [-0.15, -0.1) is 0 Å². The van der Waals surface area contributed by atoms with Crippen LogP contribution in [0.1, 0.15) is 12.6 Å². The molecule has 0 aliphatic carbocycles. The van der Waals surface area contributed by atoms with E-state index in [1.54, 1.807) is 7.11 Å². The predicted octanol–water partition coefficient (Wildman–Crippen LogP) is 0.134. The van der Waals surface area contributed by atoms with Gasteiger partial charge in [0, 0.05) is 46.0 Å². The van der Waals surface area contributed by atoms with Crippen molar-refractivity contribution in [2.24, 2.45) is 7.05 Å². The molecule has 0 aliphatic rings. The van der Waals surface area contributed by atoms with Crippen molar-refractivity contribution in [2.45, 2.75) is 19.5 Å². The Labute approximate surface area is 97.2 Å². The number of hydrogen-bond acceptors (Lipinski definition) is 4. The Kier molecular flexibility index (Phi) is 6.07. The van der Waals surface area contributed by atoms with E-state index in [9.17, 15) is 0 Å². The van der Waals surface area contributed by atoms with Gasteiger partial charge in [0.1, 0.15) is 0 Å². The monoisotopic (exact) mass is 226 g/mol. The van der Waals surface area contributed by atoms with Crippen molar-refractivity contribution < 1.29 is 4.74 Å². The maximum atomic E-state index is 4.96. The lowest BCUT2D eigenvalue weighted by Gasteiger charge is -2.13. The average molecular weight is 226 g/mol. The van der Waals surface area contributed by atoms with Crippen molar-refractivity contribution in [3.05, 3.63) is 18.0 Å². The minimum absolute atomic E-state index is 0.430. The quantitative estimate of drug-likeness (QED) is 0.619. The minimum atomic E-state index is 0.430. The number of aryl methyl sites for hydroxylation is 1. The van der Waals surface area contributed by atoms with Crippen molar-refractivity contribution in [3.8, 4) is 0 Å². The second-order valence-corrected chi connectivity index (χ2v) is 3.96. The fourth-order valence-corrected chi connectivity index (χ4v) is 1.40. The van der Waals surface area contributed by atoms with Crippen LogP contribution < -0.4 is 10.6 Å². The molecule has 2 N–H and O–H groups in total. The van der Waals surface area contributed by atoms with Crippen LogP contribution in [0.5, 0.6) is 0 Å². The molecule has 1 atom stereocenters. The Balaban J connectivity index is 2.08. The van der Waals surface area contributed by atoms with Crippen LogP contribution in [0.3, 0.4) is 0 Å². The SMILES string of the molecule is COCCNCC(C)NCc1ccn(C)n1. The van der Waals surface area contributed by atoms with Gasteiger partial charge >= 0.3 is 0 Å². The van der Waals surface area contributed by atoms with E-state index >= 15 is 0 Å². The smallest absolute Gasteiger partial charge is 0.0762 e. The zero-order valence-electron chi connectivity index (χ0n) is 10.4. The molecular formula is C11H22N4O. The summed E-state index contributed by atoms with van der Waals surface area (Å²) < 4.78 is 6.78. The van der Waals surface area contributed by atoms with Crippen LogP contribution in [0.25, 0.3) is 0 Å². The Bertz CT molecular complexity index is 287. The number of ether oxygens (including phenoxy) is 1. The van der Waals surface area contributed by atoms with E-state index in [4.69, 9.17) is 4.74 Å². The summed E-state index contributed by atoms with van der Waals surface area (Å²) in [6.07, 6.45) is 1.96. The molecule has 0 saturated heterocycles. The van der Waals surface area contributed by atoms with E-state index in [-0.39, 0.29) is 0 Å². The highest BCUT2D eigenvalue weighted by atomic mass is 16.5. The number of nitrogens with zero attached hydrogens (tertiary/aromatic N) is 2. The van der Waals surface area contributed by atoms with Gasteiger partial charge in [-0.25, -0.2) is 0 Å². The Morgan fingerprint density at radius 1 is 1.56 bits per heavy atom. The molecule has 16 heavy (non-hydrogen) atoms. The molecule has 1 rings (SSSR count). The summed E-state index contributed by atoms with van der Waals surface area (Å²) in [6.45, 7) is 5.56. The second-order valence-electron chi connectivity index (χ2n) is 3.96. The fourth-order valence-electron chi connectivity index (χ4n) is 1.40. The minimum Gasteiger partial charge on any atom is -0.383 e. The molecular weight excluding hydrogens is 204 g/mol. The van der Waals surface area contributed by atoms with Crippen molar-refractivity contribution in [2.75, 3.05) is 26.8 Å². The third-order valence-electron chi connectivity index (χ3n) is 2.33. The van der Waals surface area contributed by atoms with E-state index in [0.29, 0.717) is 6.04 Å². The molecule has 0 bridgehead atoms. The van der Waals surface area contributed by atoms with Gasteiger partial charge in [-0.05, 0) is 13.0 Å². The summed E-state index contributed by atoms with van der Waals surface area (Å²) in [5.41, 5.74) is 1.08. The normalized spacial score (nSPS) is 12.9. The van der Waals surface area contributed by atoms with Crippen molar-refractivity contribution in [1.82, 2.24) is 20.4 Å². The van der Waals surface area contributed by atoms with Crippen molar-refractivity contribution in [1.29, 1.82) is 0 Å². The van der Waals surface area contributed by atoms with Crippen LogP contribution in [-0.4, -0.2) is 42.6 Å². The van der Waals surface area contributed by atoms with Crippen LogP contribution in [0.4, 0.5) is 0 Å². The van der Waals surface area contributed by atoms with Crippen LogP contribution in [0.15, 0.2) is 12.3 Å². The highest BCUT2D eigenvalue weighted by molar-refractivity contribution is 4.98. The van der Waals surface area contributed by atoms with Crippen LogP contribution in [0.2, 0.25) is 0 Å². The number of hydrogen-bond donors (Lipinski definition) is 2. The Morgan fingerprint density at radius 2 is 2.38 bits per heavy atom. The van der Waals surface area contributed by atoms with Crippen LogP contribution in [-0.2, 0) is 18.3 Å². The summed E-state index contributed by atoms with van der Waals surface area (Å²) in [4.78, 5) is 0. The Morgan fingerprint density at radius 3 is 3.00 bits per heavy atom. The summed E-state index contributed by atoms with van der Waals surface area (Å²) in [5.74, 6) is 0. The molecule has 0 radical (unpaired) electrons. The zero-order valence-corrected chi connectivity index (χ0v) is 10.4. The standard InChI is InChI=1S/C11H22N4O/c1-10(8-12-5-7-16-3)13-9-11-4-6-15(2)14-11/h4,6,10,12-13H,5,7-9H2,1-3H3. The lowest BCUT2D eigenvalue weighted by molar-refractivity contribution is 0.198. The maximum Gasteiger partial charge on any atom is 0.0762 e. The molecule has 0 saturated carbocycles. The van der Waals surface area contributed by atoms with E-state index in [0.717, 1.165) is 31.9 Å². The van der Waals surface area contributed by atoms with Gasteiger partial charge in [-0.2, -0.15) is 5.10 Å². The molecule has 1 aromatic rings. The first-order valence-corrected chi connectivity index (χ1v) is 5.64. The summed E-state index contributed by atoms with van der Waals surface area (Å²) in [5, 5.41) is 11.0. The summed E-state index contributed by atoms with van der Waals surface area (Å²) in [6, 6.07) is 2.46. The van der Waals surface area contributed by atoms with Crippen LogP contribution >= 0.6 is 0 Å². The van der Waals surface area contributed by atoms with Crippen LogP contribution in [0, 0.1) is 0 Å². The molecule has 92 valence electrons. The zero-order chi connectivity index (χ0) is 11.8. The molecule has 0 aromatic carbocycles. The maximum absolute atomic E-state index is 4.96. The van der Waals surface area contributed by atoms with E-state index in [2.05, 4.69) is 22.7 Å². The first kappa shape index (κ1) is 13.2. The lowest BCUT2D eigenvalue weighted by atomic mass is 10.3. The summed E-state index contributed by atoms with van der Waals surface area (Å²) in [7, 11) is 3.64. The molecule has 1 heterocycles. The molecule has 5 nitrogen and oxygen atoms in total. The number of methoxy groups -OCH3 is 1. The highest BCUT2D eigenvalue weighted by Gasteiger charge is 2.02. The number of nitrogens with one attached hydrogen (secondary N) is 2. The van der Waals surface area contributed by atoms with E-state index in [1.807, 2.05) is 24.0 Å². The number of rotatable bonds is 8. The number of aromatic nitrogens is 2. The van der Waals surface area contributed by atoms with Gasteiger partial charge in [-0.1, -0.05) is 0 Å². The molecule has 0 aliphatic heterocycles. The Hall–Kier alpha value is -0.910. The average Bonchev–Trinajstić information content (AvgIpc) is 2.68. The first-order valence-electron chi connectivity index (χ1n) is 5.64. The van der Waals surface area contributed by atoms with E-state index in [1.165, 1.54) is 0 Å². The topological polar surface area (TPSA) is 51.1 Å². The summed E-state index contributed by atoms with van der Waals surface area (Å²) >= 11 is 0. The first-order chi connectivity index (χ1) is 7.72. The molecule has 0 fully saturated rings. The molecule has 0 amide bonds. The van der Waals surface area contributed by atoms with E-state index < -0.39 is 0 Å². The van der Waals surface area contributed by atoms with Gasteiger partial charge in [-0.3, -0.25) is 4.68 Å².